The SMILES string of the molecule is CC(Nc1ccnn1C)C1CCN(C)CC1. The van der Waals surface area contributed by atoms with Gasteiger partial charge in [-0.05, 0) is 45.8 Å². The largest absolute Gasteiger partial charge is 0.368 e. The number of aryl methyl sites for hydroxylation is 1. The molecule has 4 heteroatoms. The molecule has 1 unspecified atom stereocenters. The van der Waals surface area contributed by atoms with Gasteiger partial charge in [0.05, 0.1) is 6.20 Å². The molecule has 2 rings (SSSR count). The number of likely N-dealkylation sites (tertiary alicyclic amines) is 1. The van der Waals surface area contributed by atoms with Gasteiger partial charge >= 0.3 is 0 Å². The van der Waals surface area contributed by atoms with E-state index in [0.29, 0.717) is 6.04 Å². The van der Waals surface area contributed by atoms with Crippen LogP contribution < -0.4 is 5.32 Å². The van der Waals surface area contributed by atoms with Crippen molar-refractivity contribution in [2.45, 2.75) is 25.8 Å². The van der Waals surface area contributed by atoms with Crippen molar-refractivity contribution in [3.63, 3.8) is 0 Å². The second-order valence-electron chi connectivity index (χ2n) is 4.91. The molecule has 0 aromatic carbocycles. The molecule has 1 aromatic heterocycles. The topological polar surface area (TPSA) is 33.1 Å². The maximum Gasteiger partial charge on any atom is 0.124 e. The maximum absolute atomic E-state index is 4.17. The summed E-state index contributed by atoms with van der Waals surface area (Å²) in [5, 5.41) is 7.73. The van der Waals surface area contributed by atoms with Crippen LogP contribution in [0.3, 0.4) is 0 Å². The zero-order valence-corrected chi connectivity index (χ0v) is 10.5. The van der Waals surface area contributed by atoms with Crippen molar-refractivity contribution < 1.29 is 0 Å². The quantitative estimate of drug-likeness (QED) is 0.842. The Kier molecular flexibility index (Phi) is 3.49. The molecule has 2 heterocycles. The molecule has 1 fully saturated rings. The van der Waals surface area contributed by atoms with E-state index < -0.39 is 0 Å². The van der Waals surface area contributed by atoms with E-state index >= 15 is 0 Å². The number of nitrogens with one attached hydrogen (secondary N) is 1. The van der Waals surface area contributed by atoms with Gasteiger partial charge in [0.1, 0.15) is 5.82 Å². The van der Waals surface area contributed by atoms with E-state index in [1.165, 1.54) is 25.9 Å². The van der Waals surface area contributed by atoms with E-state index in [1.807, 2.05) is 24.0 Å². The number of rotatable bonds is 3. The summed E-state index contributed by atoms with van der Waals surface area (Å²) in [6, 6.07) is 2.56. The van der Waals surface area contributed by atoms with Crippen LogP contribution in [0.2, 0.25) is 0 Å². The fourth-order valence-electron chi connectivity index (χ4n) is 2.40. The summed E-state index contributed by atoms with van der Waals surface area (Å²) in [6.45, 7) is 4.73. The zero-order chi connectivity index (χ0) is 11.5. The number of hydrogen-bond donors (Lipinski definition) is 1. The third-order valence-electron chi connectivity index (χ3n) is 3.67. The molecule has 1 saturated heterocycles. The van der Waals surface area contributed by atoms with E-state index in [1.54, 1.807) is 0 Å². The summed E-state index contributed by atoms with van der Waals surface area (Å²) in [7, 11) is 4.18. The van der Waals surface area contributed by atoms with Crippen molar-refractivity contribution in [2.75, 3.05) is 25.5 Å². The molecular formula is C12H22N4. The van der Waals surface area contributed by atoms with E-state index in [9.17, 15) is 0 Å². The third-order valence-corrected chi connectivity index (χ3v) is 3.67. The Hall–Kier alpha value is -1.03. The fraction of sp³-hybridized carbons (Fsp3) is 0.750. The van der Waals surface area contributed by atoms with Crippen molar-refractivity contribution in [3.05, 3.63) is 12.3 Å². The Labute approximate surface area is 97.6 Å². The molecule has 90 valence electrons. The minimum absolute atomic E-state index is 0.532. The molecule has 1 aliphatic rings. The van der Waals surface area contributed by atoms with Gasteiger partial charge in [-0.2, -0.15) is 5.10 Å². The van der Waals surface area contributed by atoms with Gasteiger partial charge in [-0.25, -0.2) is 0 Å². The van der Waals surface area contributed by atoms with Crippen LogP contribution in [0.5, 0.6) is 0 Å². The van der Waals surface area contributed by atoms with Gasteiger partial charge in [0.25, 0.3) is 0 Å². The second kappa shape index (κ2) is 4.87. The van der Waals surface area contributed by atoms with E-state index in [4.69, 9.17) is 0 Å². The van der Waals surface area contributed by atoms with Gasteiger partial charge in [0.15, 0.2) is 0 Å². The van der Waals surface area contributed by atoms with E-state index in [-0.39, 0.29) is 0 Å². The highest BCUT2D eigenvalue weighted by atomic mass is 15.3. The smallest absolute Gasteiger partial charge is 0.124 e. The summed E-state index contributed by atoms with van der Waals surface area (Å²) in [5.74, 6) is 1.90. The highest BCUT2D eigenvalue weighted by Crippen LogP contribution is 2.22. The molecule has 0 bridgehead atoms. The summed E-state index contributed by atoms with van der Waals surface area (Å²) >= 11 is 0. The van der Waals surface area contributed by atoms with Crippen LogP contribution in [0, 0.1) is 5.92 Å². The Morgan fingerprint density at radius 1 is 1.38 bits per heavy atom. The van der Waals surface area contributed by atoms with Crippen LogP contribution in [-0.2, 0) is 7.05 Å². The lowest BCUT2D eigenvalue weighted by atomic mass is 9.90. The van der Waals surface area contributed by atoms with Gasteiger partial charge in [-0.15, -0.1) is 0 Å². The summed E-state index contributed by atoms with van der Waals surface area (Å²) in [6.07, 6.45) is 4.43. The summed E-state index contributed by atoms with van der Waals surface area (Å²) in [4.78, 5) is 2.41. The number of nitrogens with zero attached hydrogens (tertiary/aromatic N) is 3. The van der Waals surface area contributed by atoms with Gasteiger partial charge in [-0.3, -0.25) is 4.68 Å². The number of hydrogen-bond acceptors (Lipinski definition) is 3. The summed E-state index contributed by atoms with van der Waals surface area (Å²) < 4.78 is 1.89. The lowest BCUT2D eigenvalue weighted by Gasteiger charge is -2.33. The van der Waals surface area contributed by atoms with Gasteiger partial charge in [0, 0.05) is 19.2 Å². The van der Waals surface area contributed by atoms with Crippen molar-refractivity contribution in [1.82, 2.24) is 14.7 Å². The average molecular weight is 222 g/mol. The zero-order valence-electron chi connectivity index (χ0n) is 10.5. The molecule has 0 aliphatic carbocycles. The van der Waals surface area contributed by atoms with Gasteiger partial charge < -0.3 is 10.2 Å². The summed E-state index contributed by atoms with van der Waals surface area (Å²) in [5.41, 5.74) is 0. The molecule has 0 saturated carbocycles. The van der Waals surface area contributed by atoms with Crippen LogP contribution in [-0.4, -0.2) is 40.9 Å². The molecule has 1 aromatic rings. The normalized spacial score (nSPS) is 20.9. The first-order chi connectivity index (χ1) is 7.66. The highest BCUT2D eigenvalue weighted by Gasteiger charge is 2.22. The lowest BCUT2D eigenvalue weighted by molar-refractivity contribution is 0.208. The minimum Gasteiger partial charge on any atom is -0.368 e. The first-order valence-corrected chi connectivity index (χ1v) is 6.10. The van der Waals surface area contributed by atoms with Crippen molar-refractivity contribution in [1.29, 1.82) is 0 Å². The van der Waals surface area contributed by atoms with Crippen LogP contribution in [0.1, 0.15) is 19.8 Å². The van der Waals surface area contributed by atoms with Crippen molar-refractivity contribution in [2.24, 2.45) is 13.0 Å². The molecule has 1 N–H and O–H groups in total. The maximum atomic E-state index is 4.17. The number of piperidine rings is 1. The van der Waals surface area contributed by atoms with Crippen LogP contribution in [0.15, 0.2) is 12.3 Å². The molecule has 4 nitrogen and oxygen atoms in total. The Morgan fingerprint density at radius 2 is 2.06 bits per heavy atom. The monoisotopic (exact) mass is 222 g/mol. The van der Waals surface area contributed by atoms with E-state index in [0.717, 1.165) is 11.7 Å². The van der Waals surface area contributed by atoms with Gasteiger partial charge in [-0.1, -0.05) is 0 Å². The van der Waals surface area contributed by atoms with Gasteiger partial charge in [0.2, 0.25) is 0 Å². The Morgan fingerprint density at radius 3 is 2.62 bits per heavy atom. The molecule has 1 aliphatic heterocycles. The molecule has 0 radical (unpaired) electrons. The van der Waals surface area contributed by atoms with Crippen LogP contribution in [0.25, 0.3) is 0 Å². The van der Waals surface area contributed by atoms with E-state index in [2.05, 4.69) is 29.3 Å². The molecule has 1 atom stereocenters. The molecule has 0 spiro atoms. The minimum atomic E-state index is 0.532. The third kappa shape index (κ3) is 2.55. The highest BCUT2D eigenvalue weighted by molar-refractivity contribution is 5.34. The first kappa shape index (κ1) is 11.5. The molecule has 16 heavy (non-hydrogen) atoms. The fourth-order valence-corrected chi connectivity index (χ4v) is 2.40. The number of anilines is 1. The predicted octanol–water partition coefficient (Wildman–Crippen LogP) is 1.56. The Bertz CT molecular complexity index is 326. The standard InChI is InChI=1S/C12H22N4/c1-10(11-5-8-15(2)9-6-11)14-12-4-7-13-16(12)3/h4,7,10-11,14H,5-6,8-9H2,1-3H3. The first-order valence-electron chi connectivity index (χ1n) is 6.10. The molecular weight excluding hydrogens is 200 g/mol. The number of aromatic nitrogens is 2. The average Bonchev–Trinajstić information content (AvgIpc) is 2.65. The van der Waals surface area contributed by atoms with Crippen LogP contribution >= 0.6 is 0 Å². The predicted molar refractivity (Wildman–Crippen MR) is 66.5 cm³/mol. The van der Waals surface area contributed by atoms with Crippen molar-refractivity contribution >= 4 is 5.82 Å². The lowest BCUT2D eigenvalue weighted by Crippen LogP contribution is -2.37. The second-order valence-corrected chi connectivity index (χ2v) is 4.91. The van der Waals surface area contributed by atoms with Crippen molar-refractivity contribution in [3.8, 4) is 0 Å². The Balaban J connectivity index is 1.88. The van der Waals surface area contributed by atoms with Crippen LogP contribution in [0.4, 0.5) is 5.82 Å². The molecule has 0 amide bonds.